The van der Waals surface area contributed by atoms with Crippen LogP contribution in [0.4, 0.5) is 11.4 Å². The van der Waals surface area contributed by atoms with Gasteiger partial charge in [0.25, 0.3) is 0 Å². The highest BCUT2D eigenvalue weighted by Crippen LogP contribution is 2.54. The number of unbranched alkanes of at least 4 members (excludes halogenated alkanes) is 1. The SMILES string of the molecule is C=C(N1CC2(C1)C(=C)N(CC(C)=Nc1ccc(Cl)cc1C)c1cnccc12)C(C)(C)CC(C)(C)C.CC.CCCCSC. The molecule has 0 radical (unpaired) electrons. The molecule has 1 fully saturated rings. The molecule has 4 rings (SSSR count). The van der Waals surface area contributed by atoms with Crippen molar-refractivity contribution in [2.75, 3.05) is 36.5 Å². The largest absolute Gasteiger partial charge is 0.372 e. The molecule has 0 bridgehead atoms. The predicted octanol–water partition coefficient (Wildman–Crippen LogP) is 10.9. The van der Waals surface area contributed by atoms with E-state index in [1.165, 1.54) is 29.9 Å². The van der Waals surface area contributed by atoms with Gasteiger partial charge in [-0.15, -0.1) is 0 Å². The Bertz CT molecular complexity index is 1260. The lowest BCUT2D eigenvalue weighted by Crippen LogP contribution is -2.60. The first-order chi connectivity index (χ1) is 20.1. The zero-order chi connectivity index (χ0) is 32.6. The molecule has 6 heteroatoms. The minimum atomic E-state index is -0.102. The highest BCUT2D eigenvalue weighted by atomic mass is 35.5. The highest BCUT2D eigenvalue weighted by Gasteiger charge is 2.55. The van der Waals surface area contributed by atoms with Crippen LogP contribution in [0, 0.1) is 17.8 Å². The van der Waals surface area contributed by atoms with Gasteiger partial charge < -0.3 is 9.80 Å². The number of hydrogen-bond acceptors (Lipinski definition) is 5. The van der Waals surface area contributed by atoms with Gasteiger partial charge in [0.1, 0.15) is 0 Å². The third kappa shape index (κ3) is 9.14. The van der Waals surface area contributed by atoms with Gasteiger partial charge in [0.15, 0.2) is 0 Å². The third-order valence-corrected chi connectivity index (χ3v) is 9.03. The summed E-state index contributed by atoms with van der Waals surface area (Å²) < 4.78 is 0. The molecule has 0 amide bonds. The van der Waals surface area contributed by atoms with E-state index in [0.29, 0.717) is 6.54 Å². The number of halogens is 1. The smallest absolute Gasteiger partial charge is 0.0719 e. The molecule has 43 heavy (non-hydrogen) atoms. The van der Waals surface area contributed by atoms with Gasteiger partial charge in [-0.1, -0.05) is 86.6 Å². The maximum atomic E-state index is 6.13. The van der Waals surface area contributed by atoms with Crippen molar-refractivity contribution in [1.29, 1.82) is 0 Å². The molecule has 1 aromatic carbocycles. The number of pyridine rings is 1. The Morgan fingerprint density at radius 2 is 1.79 bits per heavy atom. The van der Waals surface area contributed by atoms with E-state index in [2.05, 4.69) is 88.7 Å². The lowest BCUT2D eigenvalue weighted by Gasteiger charge is -2.54. The summed E-state index contributed by atoms with van der Waals surface area (Å²) in [6.45, 7) is 33.5. The molecule has 0 N–H and O–H groups in total. The summed E-state index contributed by atoms with van der Waals surface area (Å²) in [6.07, 6.45) is 9.82. The van der Waals surface area contributed by atoms with E-state index in [-0.39, 0.29) is 16.2 Å². The van der Waals surface area contributed by atoms with E-state index < -0.39 is 0 Å². The van der Waals surface area contributed by atoms with Crippen molar-refractivity contribution in [3.8, 4) is 0 Å². The average molecular weight is 625 g/mol. The molecule has 4 nitrogen and oxygen atoms in total. The molecule has 238 valence electrons. The normalized spacial score (nSPS) is 15.7. The molecule has 2 aromatic rings. The Balaban J connectivity index is 0.000000720. The molecule has 2 aliphatic heterocycles. The number of thioether (sulfide) groups is 1. The molecule has 0 unspecified atom stereocenters. The number of aromatic nitrogens is 1. The summed E-state index contributed by atoms with van der Waals surface area (Å²) in [5.74, 6) is 1.33. The maximum Gasteiger partial charge on any atom is 0.0719 e. The minimum absolute atomic E-state index is 0.0419. The van der Waals surface area contributed by atoms with E-state index in [1.54, 1.807) is 0 Å². The molecule has 3 heterocycles. The van der Waals surface area contributed by atoms with Gasteiger partial charge in [0, 0.05) is 46.8 Å². The van der Waals surface area contributed by atoms with Gasteiger partial charge in [-0.25, -0.2) is 0 Å². The van der Waals surface area contributed by atoms with E-state index in [0.717, 1.165) is 52.9 Å². The Labute approximate surface area is 273 Å². The number of rotatable bonds is 9. The zero-order valence-corrected chi connectivity index (χ0v) is 30.5. The van der Waals surface area contributed by atoms with E-state index in [9.17, 15) is 0 Å². The molecule has 2 aliphatic rings. The van der Waals surface area contributed by atoms with Gasteiger partial charge in [-0.3, -0.25) is 9.98 Å². The molecule has 1 saturated heterocycles. The molecule has 0 atom stereocenters. The van der Waals surface area contributed by atoms with Crippen LogP contribution in [-0.4, -0.2) is 47.2 Å². The Morgan fingerprint density at radius 3 is 2.33 bits per heavy atom. The fourth-order valence-electron chi connectivity index (χ4n) is 6.25. The quantitative estimate of drug-likeness (QED) is 0.205. The number of likely N-dealkylation sites (tertiary alicyclic amines) is 1. The number of fused-ring (bicyclic) bond motifs is 2. The van der Waals surface area contributed by atoms with Crippen LogP contribution >= 0.6 is 23.4 Å². The monoisotopic (exact) mass is 624 g/mol. The van der Waals surface area contributed by atoms with E-state index in [4.69, 9.17) is 16.6 Å². The second-order valence-corrected chi connectivity index (χ2v) is 15.0. The number of anilines is 1. The number of nitrogens with zero attached hydrogens (tertiary/aromatic N) is 4. The fraction of sp³-hybridized carbons (Fsp3) is 0.568. The summed E-state index contributed by atoms with van der Waals surface area (Å²) >= 11 is 8.05. The number of allylic oxidation sites excluding steroid dienone is 1. The predicted molar refractivity (Wildman–Crippen MR) is 195 cm³/mol. The summed E-state index contributed by atoms with van der Waals surface area (Å²) in [7, 11) is 0. The lowest BCUT2D eigenvalue weighted by molar-refractivity contribution is 0.0895. The van der Waals surface area contributed by atoms with Crippen molar-refractivity contribution in [2.45, 2.75) is 93.9 Å². The molecule has 1 spiro atoms. The third-order valence-electron chi connectivity index (χ3n) is 8.10. The second-order valence-electron chi connectivity index (χ2n) is 13.6. The van der Waals surface area contributed by atoms with Crippen LogP contribution in [0.3, 0.4) is 0 Å². The van der Waals surface area contributed by atoms with Crippen molar-refractivity contribution in [1.82, 2.24) is 9.88 Å². The highest BCUT2D eigenvalue weighted by molar-refractivity contribution is 7.98. The minimum Gasteiger partial charge on any atom is -0.372 e. The number of hydrogen-bond donors (Lipinski definition) is 0. The summed E-state index contributed by atoms with van der Waals surface area (Å²) in [6, 6.07) is 7.98. The Hall–Kier alpha value is -2.24. The van der Waals surface area contributed by atoms with Crippen LogP contribution in [0.5, 0.6) is 0 Å². The Morgan fingerprint density at radius 1 is 1.14 bits per heavy atom. The van der Waals surface area contributed by atoms with Crippen molar-refractivity contribution in [3.63, 3.8) is 0 Å². The topological polar surface area (TPSA) is 31.7 Å². The van der Waals surface area contributed by atoms with Crippen LogP contribution in [0.25, 0.3) is 0 Å². The van der Waals surface area contributed by atoms with Crippen molar-refractivity contribution in [3.05, 3.63) is 77.4 Å². The average Bonchev–Trinajstić information content (AvgIpc) is 3.15. The van der Waals surface area contributed by atoms with E-state index >= 15 is 0 Å². The number of aliphatic imine (C=N–C) groups is 1. The van der Waals surface area contributed by atoms with Crippen LogP contribution in [-0.2, 0) is 5.41 Å². The van der Waals surface area contributed by atoms with Crippen LogP contribution in [0.1, 0.15) is 92.7 Å². The molecular formula is C37H57ClN4S. The fourth-order valence-corrected chi connectivity index (χ4v) is 7.06. The standard InChI is InChI=1S/C30H39ClN4.C5H12S.C2H6/c1-20-14-24(31)10-11-26(20)33-21(2)16-35-23(4)30(25-12-13-32-15-27(25)35)18-34(19-30)22(3)29(8,9)17-28(5,6)7;1-3-4-5-6-2;1-2/h10-15H,3-4,16-19H2,1-2,5-9H3;3-5H2,1-2H3;1-2H3. The first-order valence-electron chi connectivity index (χ1n) is 15.8. The van der Waals surface area contributed by atoms with Gasteiger partial charge >= 0.3 is 0 Å². The second kappa shape index (κ2) is 15.7. The summed E-state index contributed by atoms with van der Waals surface area (Å²) in [5.41, 5.74) is 8.03. The maximum absolute atomic E-state index is 6.13. The lowest BCUT2D eigenvalue weighted by atomic mass is 9.69. The molecule has 0 aliphatic carbocycles. The summed E-state index contributed by atoms with van der Waals surface area (Å²) in [4.78, 5) is 14.1. The van der Waals surface area contributed by atoms with Gasteiger partial charge in [-0.2, -0.15) is 11.8 Å². The van der Waals surface area contributed by atoms with Gasteiger partial charge in [0.2, 0.25) is 0 Å². The number of benzene rings is 1. The molecule has 1 aromatic heterocycles. The van der Waals surface area contributed by atoms with E-state index in [1.807, 2.05) is 63.1 Å². The van der Waals surface area contributed by atoms with Crippen molar-refractivity contribution in [2.24, 2.45) is 15.8 Å². The van der Waals surface area contributed by atoms with Crippen LogP contribution in [0.15, 0.2) is 66.2 Å². The molecule has 0 saturated carbocycles. The van der Waals surface area contributed by atoms with Crippen molar-refractivity contribution < 1.29 is 0 Å². The van der Waals surface area contributed by atoms with Crippen LogP contribution < -0.4 is 4.90 Å². The van der Waals surface area contributed by atoms with Gasteiger partial charge in [0.05, 0.1) is 29.5 Å². The summed E-state index contributed by atoms with van der Waals surface area (Å²) in [5, 5.41) is 0.732. The Kier molecular flexibility index (Phi) is 13.5. The van der Waals surface area contributed by atoms with Gasteiger partial charge in [-0.05, 0) is 79.5 Å². The first kappa shape index (κ1) is 36.9. The number of aryl methyl sites for hydroxylation is 1. The zero-order valence-electron chi connectivity index (χ0n) is 28.9. The van der Waals surface area contributed by atoms with Crippen molar-refractivity contribution >= 4 is 40.4 Å². The molecular weight excluding hydrogens is 568 g/mol. The first-order valence-corrected chi connectivity index (χ1v) is 17.6. The van der Waals surface area contributed by atoms with Crippen LogP contribution in [0.2, 0.25) is 5.02 Å².